The van der Waals surface area contributed by atoms with Crippen LogP contribution >= 0.6 is 0 Å². The predicted molar refractivity (Wildman–Crippen MR) is 95.0 cm³/mol. The number of benzene rings is 2. The van der Waals surface area contributed by atoms with Gasteiger partial charge in [0, 0.05) is 17.5 Å². The molecule has 0 spiro atoms. The first-order valence-electron chi connectivity index (χ1n) is 7.44. The topological polar surface area (TPSA) is 35.8 Å². The van der Waals surface area contributed by atoms with Gasteiger partial charge in [-0.15, -0.1) is 0 Å². The Hall–Kier alpha value is -3.31. The number of nitrogens with one attached hydrogen (secondary N) is 1. The van der Waals surface area contributed by atoms with Gasteiger partial charge in [0.2, 0.25) is 0 Å². The van der Waals surface area contributed by atoms with Gasteiger partial charge >= 0.3 is 0 Å². The molecule has 110 valence electrons. The van der Waals surface area contributed by atoms with Crippen LogP contribution in [0.25, 0.3) is 11.6 Å². The van der Waals surface area contributed by atoms with Crippen LogP contribution in [0.15, 0.2) is 90.8 Å². The summed E-state index contributed by atoms with van der Waals surface area (Å²) in [6.07, 6.45) is 12.1. The lowest BCUT2D eigenvalue weighted by atomic mass is 9.98. The average Bonchev–Trinajstić information content (AvgIpc) is 2.90. The zero-order valence-electron chi connectivity index (χ0n) is 12.6. The van der Waals surface area contributed by atoms with Crippen molar-refractivity contribution in [2.45, 2.75) is 0 Å². The van der Waals surface area contributed by atoms with E-state index in [0.717, 1.165) is 22.4 Å². The van der Waals surface area contributed by atoms with Gasteiger partial charge in [-0.05, 0) is 41.5 Å². The summed E-state index contributed by atoms with van der Waals surface area (Å²) in [5.41, 5.74) is 4.96. The average molecular weight is 296 g/mol. The van der Waals surface area contributed by atoms with Crippen LogP contribution in [-0.4, -0.2) is 0 Å². The highest BCUT2D eigenvalue weighted by atomic mass is 14.9. The lowest BCUT2D eigenvalue weighted by molar-refractivity contribution is 1.13. The van der Waals surface area contributed by atoms with Crippen molar-refractivity contribution in [1.29, 1.82) is 5.26 Å². The molecule has 23 heavy (non-hydrogen) atoms. The fourth-order valence-corrected chi connectivity index (χ4v) is 2.38. The summed E-state index contributed by atoms with van der Waals surface area (Å²) in [7, 11) is 0. The van der Waals surface area contributed by atoms with Crippen molar-refractivity contribution in [3.8, 4) is 6.07 Å². The van der Waals surface area contributed by atoms with Crippen molar-refractivity contribution in [3.05, 3.63) is 107 Å². The van der Waals surface area contributed by atoms with Gasteiger partial charge in [0.05, 0.1) is 11.6 Å². The van der Waals surface area contributed by atoms with Gasteiger partial charge in [-0.3, -0.25) is 0 Å². The molecule has 0 amide bonds. The second kappa shape index (κ2) is 7.11. The Balaban J connectivity index is 2.08. The quantitative estimate of drug-likeness (QED) is 0.836. The maximum absolute atomic E-state index is 8.98. The number of nitriles is 1. The van der Waals surface area contributed by atoms with Gasteiger partial charge in [0.1, 0.15) is 0 Å². The Bertz CT molecular complexity index is 830. The molecule has 2 heteroatoms. The van der Waals surface area contributed by atoms with E-state index in [9.17, 15) is 0 Å². The van der Waals surface area contributed by atoms with Crippen LogP contribution in [0.1, 0.15) is 16.7 Å². The minimum absolute atomic E-state index is 0.662. The molecule has 1 N–H and O–H groups in total. The number of rotatable bonds is 3. The molecule has 0 saturated heterocycles. The third kappa shape index (κ3) is 3.66. The van der Waals surface area contributed by atoms with Crippen LogP contribution in [0, 0.1) is 11.3 Å². The van der Waals surface area contributed by atoms with E-state index in [2.05, 4.69) is 29.6 Å². The fourth-order valence-electron chi connectivity index (χ4n) is 2.38. The number of nitrogens with zero attached hydrogens (tertiary/aromatic N) is 1. The largest absolute Gasteiger partial charge is 0.361 e. The molecule has 0 saturated carbocycles. The van der Waals surface area contributed by atoms with Crippen LogP contribution in [0.3, 0.4) is 0 Å². The first-order valence-corrected chi connectivity index (χ1v) is 7.44. The molecule has 2 nitrogen and oxygen atoms in total. The molecule has 0 radical (unpaired) electrons. The Kier molecular flexibility index (Phi) is 4.52. The normalized spacial score (nSPS) is 13.7. The van der Waals surface area contributed by atoms with Gasteiger partial charge in [-0.2, -0.15) is 5.26 Å². The molecule has 0 aromatic heterocycles. The summed E-state index contributed by atoms with van der Waals surface area (Å²) in [5.74, 6) is 0. The zero-order valence-corrected chi connectivity index (χ0v) is 12.6. The van der Waals surface area contributed by atoms with Crippen molar-refractivity contribution in [1.82, 2.24) is 5.32 Å². The van der Waals surface area contributed by atoms with Crippen molar-refractivity contribution in [2.75, 3.05) is 0 Å². The third-order valence-corrected chi connectivity index (χ3v) is 3.55. The molecular weight excluding hydrogens is 280 g/mol. The second-order valence-electron chi connectivity index (χ2n) is 5.13. The van der Waals surface area contributed by atoms with E-state index in [1.165, 1.54) is 0 Å². The smallest absolute Gasteiger partial charge is 0.0991 e. The van der Waals surface area contributed by atoms with E-state index in [0.29, 0.717) is 5.56 Å². The number of hydrogen-bond donors (Lipinski definition) is 1. The van der Waals surface area contributed by atoms with E-state index < -0.39 is 0 Å². The Morgan fingerprint density at radius 3 is 2.43 bits per heavy atom. The maximum Gasteiger partial charge on any atom is 0.0991 e. The van der Waals surface area contributed by atoms with Gasteiger partial charge in [-0.25, -0.2) is 0 Å². The molecule has 0 unspecified atom stereocenters. The van der Waals surface area contributed by atoms with Crippen LogP contribution in [0.4, 0.5) is 0 Å². The van der Waals surface area contributed by atoms with E-state index in [1.54, 1.807) is 0 Å². The van der Waals surface area contributed by atoms with Crippen molar-refractivity contribution < 1.29 is 0 Å². The summed E-state index contributed by atoms with van der Waals surface area (Å²) in [6, 6.07) is 20.0. The highest BCUT2D eigenvalue weighted by Crippen LogP contribution is 2.25. The first-order chi connectivity index (χ1) is 11.4. The Labute approximate surface area is 136 Å². The van der Waals surface area contributed by atoms with E-state index in [-0.39, 0.29) is 0 Å². The van der Waals surface area contributed by atoms with Crippen LogP contribution in [-0.2, 0) is 0 Å². The lowest BCUT2D eigenvalue weighted by Crippen LogP contribution is -2.06. The first kappa shape index (κ1) is 14.6. The predicted octanol–water partition coefficient (Wildman–Crippen LogP) is 4.66. The van der Waals surface area contributed by atoms with Crippen LogP contribution in [0.5, 0.6) is 0 Å². The molecule has 2 aromatic rings. The van der Waals surface area contributed by atoms with Crippen LogP contribution < -0.4 is 5.32 Å². The SMILES string of the molecule is N#Cc1ccc(C(=Cc2ccccc2)C2=CC=CC=CN2)cc1. The number of allylic oxidation sites excluding steroid dienone is 5. The summed E-state index contributed by atoms with van der Waals surface area (Å²) < 4.78 is 0. The van der Waals surface area contributed by atoms with Crippen molar-refractivity contribution in [2.24, 2.45) is 0 Å². The zero-order chi connectivity index (χ0) is 15.9. The molecule has 3 rings (SSSR count). The molecule has 0 atom stereocenters. The van der Waals surface area contributed by atoms with E-state index in [1.807, 2.05) is 73.0 Å². The second-order valence-corrected chi connectivity index (χ2v) is 5.13. The van der Waals surface area contributed by atoms with Gasteiger partial charge < -0.3 is 5.32 Å². The monoisotopic (exact) mass is 296 g/mol. The van der Waals surface area contributed by atoms with Gasteiger partial charge in [-0.1, -0.05) is 54.6 Å². The van der Waals surface area contributed by atoms with Gasteiger partial charge in [0.25, 0.3) is 0 Å². The van der Waals surface area contributed by atoms with E-state index >= 15 is 0 Å². The standard InChI is InChI=1S/C21H16N2/c22-16-18-10-12-19(13-11-18)20(15-17-7-3-1-4-8-17)21-9-5-2-6-14-23-21/h1-15,23H. The third-order valence-electron chi connectivity index (χ3n) is 3.55. The molecule has 1 aliphatic rings. The van der Waals surface area contributed by atoms with Crippen molar-refractivity contribution >= 4 is 11.6 Å². The molecule has 0 fully saturated rings. The van der Waals surface area contributed by atoms with Crippen molar-refractivity contribution in [3.63, 3.8) is 0 Å². The molecule has 1 heterocycles. The maximum atomic E-state index is 8.98. The molecular formula is C21H16N2. The highest BCUT2D eigenvalue weighted by molar-refractivity contribution is 5.91. The van der Waals surface area contributed by atoms with E-state index in [4.69, 9.17) is 5.26 Å². The molecule has 1 aliphatic heterocycles. The van der Waals surface area contributed by atoms with Crippen LogP contribution in [0.2, 0.25) is 0 Å². The lowest BCUT2D eigenvalue weighted by Gasteiger charge is -2.13. The Morgan fingerprint density at radius 2 is 1.70 bits per heavy atom. The molecule has 0 bridgehead atoms. The van der Waals surface area contributed by atoms with Gasteiger partial charge in [0.15, 0.2) is 0 Å². The minimum atomic E-state index is 0.662. The minimum Gasteiger partial charge on any atom is -0.361 e. The fraction of sp³-hybridized carbons (Fsp3) is 0. The summed E-state index contributed by atoms with van der Waals surface area (Å²) in [5, 5.41) is 12.3. The molecule has 0 aliphatic carbocycles. The summed E-state index contributed by atoms with van der Waals surface area (Å²) in [6.45, 7) is 0. The number of hydrogen-bond acceptors (Lipinski definition) is 2. The Morgan fingerprint density at radius 1 is 0.913 bits per heavy atom. The highest BCUT2D eigenvalue weighted by Gasteiger charge is 2.08. The summed E-state index contributed by atoms with van der Waals surface area (Å²) >= 11 is 0. The molecule has 2 aromatic carbocycles. The summed E-state index contributed by atoms with van der Waals surface area (Å²) in [4.78, 5) is 0.